The van der Waals surface area contributed by atoms with E-state index in [4.69, 9.17) is 0 Å². The summed E-state index contributed by atoms with van der Waals surface area (Å²) in [4.78, 5) is 23.7. The molecule has 1 heterocycles. The lowest BCUT2D eigenvalue weighted by Crippen LogP contribution is -2.34. The number of alkyl halides is 1. The van der Waals surface area contributed by atoms with Gasteiger partial charge in [0.05, 0.1) is 5.33 Å². The van der Waals surface area contributed by atoms with Crippen LogP contribution in [-0.4, -0.2) is 41.7 Å². The average molecular weight is 235 g/mol. The normalized spacial score (nSPS) is 18.4. The maximum atomic E-state index is 11.2. The molecule has 0 atom stereocenters. The zero-order chi connectivity index (χ0) is 8.97. The minimum Gasteiger partial charge on any atom is -0.354 e. The molecule has 1 fully saturated rings. The quantitative estimate of drug-likeness (QED) is 0.636. The summed E-state index contributed by atoms with van der Waals surface area (Å²) in [5, 5.41) is 3.04. The van der Waals surface area contributed by atoms with Gasteiger partial charge in [0, 0.05) is 26.1 Å². The van der Waals surface area contributed by atoms with Gasteiger partial charge in [-0.2, -0.15) is 0 Å². The summed E-state index contributed by atoms with van der Waals surface area (Å²) >= 11 is 3.09. The standard InChI is InChI=1S/C7H11BrN2O2/c8-5-7(12)10-3-1-6(11)9-2-4-10/h1-5H2,(H,9,11). The molecule has 1 aliphatic heterocycles. The number of amides is 2. The molecule has 0 unspecified atom stereocenters. The van der Waals surface area contributed by atoms with E-state index in [0.717, 1.165) is 0 Å². The Morgan fingerprint density at radius 2 is 2.33 bits per heavy atom. The van der Waals surface area contributed by atoms with Crippen LogP contribution in [0.15, 0.2) is 0 Å². The molecule has 0 spiro atoms. The molecular formula is C7H11BrN2O2. The molecule has 0 bridgehead atoms. The zero-order valence-electron chi connectivity index (χ0n) is 6.68. The Kier molecular flexibility index (Phi) is 3.52. The lowest BCUT2D eigenvalue weighted by molar-refractivity contribution is -0.128. The van der Waals surface area contributed by atoms with Crippen LogP contribution < -0.4 is 5.32 Å². The van der Waals surface area contributed by atoms with Crippen LogP contribution in [0.5, 0.6) is 0 Å². The van der Waals surface area contributed by atoms with Crippen molar-refractivity contribution >= 4 is 27.7 Å². The first-order valence-electron chi connectivity index (χ1n) is 3.84. The topological polar surface area (TPSA) is 49.4 Å². The number of nitrogens with zero attached hydrogens (tertiary/aromatic N) is 1. The molecule has 1 saturated heterocycles. The zero-order valence-corrected chi connectivity index (χ0v) is 8.26. The van der Waals surface area contributed by atoms with Gasteiger partial charge in [0.25, 0.3) is 0 Å². The molecule has 0 aromatic rings. The van der Waals surface area contributed by atoms with E-state index < -0.39 is 0 Å². The number of halogens is 1. The molecule has 0 saturated carbocycles. The van der Waals surface area contributed by atoms with Gasteiger partial charge in [0.15, 0.2) is 0 Å². The van der Waals surface area contributed by atoms with Gasteiger partial charge in [-0.1, -0.05) is 15.9 Å². The molecule has 68 valence electrons. The molecule has 1 aliphatic rings. The van der Waals surface area contributed by atoms with E-state index in [1.54, 1.807) is 4.90 Å². The largest absolute Gasteiger partial charge is 0.354 e. The average Bonchev–Trinajstić information content (AvgIpc) is 2.29. The van der Waals surface area contributed by atoms with E-state index in [1.165, 1.54) is 0 Å². The molecule has 0 radical (unpaired) electrons. The van der Waals surface area contributed by atoms with Crippen molar-refractivity contribution in [1.82, 2.24) is 10.2 Å². The van der Waals surface area contributed by atoms with E-state index in [0.29, 0.717) is 31.4 Å². The van der Waals surface area contributed by atoms with Crippen molar-refractivity contribution in [3.8, 4) is 0 Å². The Morgan fingerprint density at radius 3 is 3.00 bits per heavy atom. The van der Waals surface area contributed by atoms with E-state index in [-0.39, 0.29) is 11.8 Å². The van der Waals surface area contributed by atoms with Crippen molar-refractivity contribution in [1.29, 1.82) is 0 Å². The van der Waals surface area contributed by atoms with Crippen LogP contribution >= 0.6 is 15.9 Å². The van der Waals surface area contributed by atoms with Gasteiger partial charge in [-0.25, -0.2) is 0 Å². The number of hydrogen-bond acceptors (Lipinski definition) is 2. The minimum atomic E-state index is 0.0277. The van der Waals surface area contributed by atoms with Crippen LogP contribution in [0.25, 0.3) is 0 Å². The van der Waals surface area contributed by atoms with E-state index in [2.05, 4.69) is 21.2 Å². The highest BCUT2D eigenvalue weighted by Crippen LogP contribution is 1.98. The first-order chi connectivity index (χ1) is 5.74. The Hall–Kier alpha value is -0.580. The minimum absolute atomic E-state index is 0.0277. The fourth-order valence-corrected chi connectivity index (χ4v) is 1.46. The Balaban J connectivity index is 2.45. The van der Waals surface area contributed by atoms with Crippen molar-refractivity contribution in [2.75, 3.05) is 25.0 Å². The van der Waals surface area contributed by atoms with E-state index in [9.17, 15) is 9.59 Å². The molecule has 12 heavy (non-hydrogen) atoms. The van der Waals surface area contributed by atoms with Gasteiger partial charge >= 0.3 is 0 Å². The third kappa shape index (κ3) is 2.48. The van der Waals surface area contributed by atoms with E-state index >= 15 is 0 Å². The van der Waals surface area contributed by atoms with Crippen molar-refractivity contribution in [3.63, 3.8) is 0 Å². The van der Waals surface area contributed by atoms with Crippen LogP contribution in [0, 0.1) is 0 Å². The highest BCUT2D eigenvalue weighted by molar-refractivity contribution is 9.09. The predicted octanol–water partition coefficient (Wildman–Crippen LogP) is -0.270. The third-order valence-corrected chi connectivity index (χ3v) is 2.26. The second-order valence-corrected chi connectivity index (χ2v) is 3.18. The van der Waals surface area contributed by atoms with Crippen LogP contribution in [0.2, 0.25) is 0 Å². The molecule has 4 nitrogen and oxygen atoms in total. The Bertz CT molecular complexity index is 196. The van der Waals surface area contributed by atoms with Crippen LogP contribution in [0.4, 0.5) is 0 Å². The molecule has 1 rings (SSSR count). The van der Waals surface area contributed by atoms with Gasteiger partial charge in [-0.15, -0.1) is 0 Å². The Labute approximate surface area is 79.4 Å². The van der Waals surface area contributed by atoms with Gasteiger partial charge in [-0.05, 0) is 0 Å². The van der Waals surface area contributed by atoms with Crippen molar-refractivity contribution in [3.05, 3.63) is 0 Å². The number of nitrogens with one attached hydrogen (secondary N) is 1. The molecule has 0 aromatic carbocycles. The highest BCUT2D eigenvalue weighted by Gasteiger charge is 2.16. The smallest absolute Gasteiger partial charge is 0.233 e. The first kappa shape index (κ1) is 9.51. The van der Waals surface area contributed by atoms with Crippen molar-refractivity contribution < 1.29 is 9.59 Å². The lowest BCUT2D eigenvalue weighted by Gasteiger charge is -2.17. The molecule has 1 N–H and O–H groups in total. The summed E-state index contributed by atoms with van der Waals surface area (Å²) in [6.07, 6.45) is 0.415. The maximum Gasteiger partial charge on any atom is 0.233 e. The number of carbonyl (C=O) groups is 2. The summed E-state index contributed by atoms with van der Waals surface area (Å²) in [6.45, 7) is 1.73. The molecular weight excluding hydrogens is 224 g/mol. The molecule has 2 amide bonds. The maximum absolute atomic E-state index is 11.2. The number of carbonyl (C=O) groups excluding carboxylic acids is 2. The van der Waals surface area contributed by atoms with Crippen LogP contribution in [-0.2, 0) is 9.59 Å². The molecule has 5 heteroatoms. The second-order valence-electron chi connectivity index (χ2n) is 2.61. The molecule has 0 aromatic heterocycles. The summed E-state index contributed by atoms with van der Waals surface area (Å²) in [5.41, 5.74) is 0. The van der Waals surface area contributed by atoms with Crippen molar-refractivity contribution in [2.24, 2.45) is 0 Å². The van der Waals surface area contributed by atoms with Gasteiger partial charge in [0.1, 0.15) is 0 Å². The van der Waals surface area contributed by atoms with Crippen molar-refractivity contribution in [2.45, 2.75) is 6.42 Å². The Morgan fingerprint density at radius 1 is 1.58 bits per heavy atom. The van der Waals surface area contributed by atoms with Gasteiger partial charge in [0.2, 0.25) is 11.8 Å². The summed E-state index contributed by atoms with van der Waals surface area (Å²) < 4.78 is 0. The number of hydrogen-bond donors (Lipinski definition) is 1. The third-order valence-electron chi connectivity index (χ3n) is 1.78. The van der Waals surface area contributed by atoms with Crippen LogP contribution in [0.1, 0.15) is 6.42 Å². The summed E-state index contributed by atoms with van der Waals surface area (Å²) in [7, 11) is 0. The fourth-order valence-electron chi connectivity index (χ4n) is 1.10. The number of rotatable bonds is 1. The fraction of sp³-hybridized carbons (Fsp3) is 0.714. The van der Waals surface area contributed by atoms with Gasteiger partial charge < -0.3 is 10.2 Å². The molecule has 0 aliphatic carbocycles. The lowest BCUT2D eigenvalue weighted by atomic mass is 10.4. The summed E-state index contributed by atoms with van der Waals surface area (Å²) in [6, 6.07) is 0. The first-order valence-corrected chi connectivity index (χ1v) is 4.96. The SMILES string of the molecule is O=C1CCN(C(=O)CBr)CCN1. The second kappa shape index (κ2) is 4.45. The van der Waals surface area contributed by atoms with Gasteiger partial charge in [-0.3, -0.25) is 9.59 Å². The van der Waals surface area contributed by atoms with E-state index in [1.807, 2.05) is 0 Å². The predicted molar refractivity (Wildman–Crippen MR) is 48.0 cm³/mol. The summed E-state index contributed by atoms with van der Waals surface area (Å²) in [5.74, 6) is 0.0753. The monoisotopic (exact) mass is 234 g/mol. The highest BCUT2D eigenvalue weighted by atomic mass is 79.9. The van der Waals surface area contributed by atoms with Crippen LogP contribution in [0.3, 0.4) is 0 Å².